The first-order valence-corrected chi connectivity index (χ1v) is 4.22. The van der Waals surface area contributed by atoms with Crippen molar-refractivity contribution in [3.63, 3.8) is 0 Å². The molecule has 1 heteroatoms. The van der Waals surface area contributed by atoms with Crippen molar-refractivity contribution < 1.29 is 0 Å². The third kappa shape index (κ3) is 5.94. The first kappa shape index (κ1) is 10.5. The summed E-state index contributed by atoms with van der Waals surface area (Å²) >= 11 is 0. The molecule has 0 aromatic carbocycles. The van der Waals surface area contributed by atoms with Crippen LogP contribution in [0, 0.1) is 17.3 Å². The van der Waals surface area contributed by atoms with Crippen molar-refractivity contribution in [3.05, 3.63) is 0 Å². The van der Waals surface area contributed by atoms with E-state index in [2.05, 4.69) is 25.7 Å². The molecule has 0 rings (SSSR count). The lowest BCUT2D eigenvalue weighted by Gasteiger charge is -2.22. The van der Waals surface area contributed by atoms with Crippen molar-refractivity contribution in [1.82, 2.24) is 0 Å². The molecule has 11 heavy (non-hydrogen) atoms. The van der Waals surface area contributed by atoms with Crippen LogP contribution in [0.4, 0.5) is 0 Å². The maximum absolute atomic E-state index is 5.48. The van der Waals surface area contributed by atoms with Gasteiger partial charge in [-0.2, -0.15) is 0 Å². The first-order valence-electron chi connectivity index (χ1n) is 4.22. The van der Waals surface area contributed by atoms with Crippen LogP contribution in [0.25, 0.3) is 0 Å². The minimum Gasteiger partial charge on any atom is -0.330 e. The molecular weight excluding hydrogens is 134 g/mol. The quantitative estimate of drug-likeness (QED) is 0.615. The second-order valence-electron chi connectivity index (χ2n) is 3.63. The van der Waals surface area contributed by atoms with E-state index in [1.165, 1.54) is 0 Å². The van der Waals surface area contributed by atoms with Gasteiger partial charge >= 0.3 is 0 Å². The van der Waals surface area contributed by atoms with Crippen molar-refractivity contribution in [1.29, 1.82) is 0 Å². The van der Waals surface area contributed by atoms with Gasteiger partial charge < -0.3 is 5.73 Å². The summed E-state index contributed by atoms with van der Waals surface area (Å²) in [6.07, 6.45) is 3.26. The highest BCUT2D eigenvalue weighted by Crippen LogP contribution is 2.25. The van der Waals surface area contributed by atoms with Crippen LogP contribution < -0.4 is 5.73 Å². The number of hydrogen-bond acceptors (Lipinski definition) is 1. The topological polar surface area (TPSA) is 26.0 Å². The van der Waals surface area contributed by atoms with E-state index in [0.717, 1.165) is 25.8 Å². The fraction of sp³-hybridized carbons (Fsp3) is 0.800. The Morgan fingerprint density at radius 1 is 1.27 bits per heavy atom. The highest BCUT2D eigenvalue weighted by Gasteiger charge is 2.14. The zero-order chi connectivity index (χ0) is 8.74. The van der Waals surface area contributed by atoms with E-state index >= 15 is 0 Å². The van der Waals surface area contributed by atoms with E-state index in [9.17, 15) is 0 Å². The van der Waals surface area contributed by atoms with E-state index < -0.39 is 0 Å². The Kier molecular flexibility index (Phi) is 4.98. The smallest absolute Gasteiger partial charge is 0.00936 e. The Morgan fingerprint density at radius 3 is 2.36 bits per heavy atom. The van der Waals surface area contributed by atoms with Gasteiger partial charge in [0.05, 0.1) is 0 Å². The van der Waals surface area contributed by atoms with Crippen LogP contribution in [0.2, 0.25) is 0 Å². The van der Waals surface area contributed by atoms with Crippen LogP contribution >= 0.6 is 0 Å². The average molecular weight is 153 g/mol. The van der Waals surface area contributed by atoms with E-state index in [4.69, 9.17) is 5.73 Å². The van der Waals surface area contributed by atoms with Crippen molar-refractivity contribution in [2.75, 3.05) is 6.54 Å². The molecule has 0 fully saturated rings. The molecule has 1 nitrogen and oxygen atoms in total. The Labute approximate surface area is 70.4 Å². The van der Waals surface area contributed by atoms with Crippen LogP contribution in [0.3, 0.4) is 0 Å². The Balaban J connectivity index is 3.59. The average Bonchev–Trinajstić information content (AvgIpc) is 1.87. The predicted molar refractivity (Wildman–Crippen MR) is 50.1 cm³/mol. The van der Waals surface area contributed by atoms with Gasteiger partial charge in [0, 0.05) is 6.42 Å². The SMILES string of the molecule is CC#CCCC(C)(C)CCN. The molecule has 0 atom stereocenters. The van der Waals surface area contributed by atoms with Crippen LogP contribution in [-0.4, -0.2) is 6.54 Å². The van der Waals surface area contributed by atoms with Crippen LogP contribution in [0.15, 0.2) is 0 Å². The van der Waals surface area contributed by atoms with Crippen molar-refractivity contribution in [3.8, 4) is 11.8 Å². The maximum Gasteiger partial charge on any atom is 0.00936 e. The summed E-state index contributed by atoms with van der Waals surface area (Å²) in [5.41, 5.74) is 5.86. The number of rotatable bonds is 4. The molecule has 64 valence electrons. The zero-order valence-corrected chi connectivity index (χ0v) is 7.91. The molecule has 0 radical (unpaired) electrons. The summed E-state index contributed by atoms with van der Waals surface area (Å²) in [5.74, 6) is 5.97. The van der Waals surface area contributed by atoms with Crippen LogP contribution in [0.1, 0.15) is 40.0 Å². The summed E-state index contributed by atoms with van der Waals surface area (Å²) in [7, 11) is 0. The van der Waals surface area contributed by atoms with Gasteiger partial charge in [-0.05, 0) is 31.7 Å². The molecule has 0 bridgehead atoms. The third-order valence-electron chi connectivity index (χ3n) is 1.92. The van der Waals surface area contributed by atoms with E-state index in [1.54, 1.807) is 0 Å². The zero-order valence-electron chi connectivity index (χ0n) is 7.91. The van der Waals surface area contributed by atoms with E-state index in [1.807, 2.05) is 6.92 Å². The molecule has 2 N–H and O–H groups in total. The van der Waals surface area contributed by atoms with Crippen LogP contribution in [0.5, 0.6) is 0 Å². The molecule has 0 aliphatic carbocycles. The molecule has 0 aromatic rings. The van der Waals surface area contributed by atoms with E-state index in [0.29, 0.717) is 5.41 Å². The van der Waals surface area contributed by atoms with Gasteiger partial charge in [0.2, 0.25) is 0 Å². The lowest BCUT2D eigenvalue weighted by molar-refractivity contribution is 0.318. The van der Waals surface area contributed by atoms with Crippen molar-refractivity contribution in [2.45, 2.75) is 40.0 Å². The molecule has 0 amide bonds. The summed E-state index contributed by atoms with van der Waals surface area (Å²) in [4.78, 5) is 0. The van der Waals surface area contributed by atoms with Crippen molar-refractivity contribution >= 4 is 0 Å². The van der Waals surface area contributed by atoms with Gasteiger partial charge in [0.25, 0.3) is 0 Å². The van der Waals surface area contributed by atoms with Gasteiger partial charge in [-0.3, -0.25) is 0 Å². The largest absolute Gasteiger partial charge is 0.330 e. The summed E-state index contributed by atoms with van der Waals surface area (Å²) in [5, 5.41) is 0. The molecule has 0 saturated carbocycles. The number of nitrogens with two attached hydrogens (primary N) is 1. The van der Waals surface area contributed by atoms with E-state index in [-0.39, 0.29) is 0 Å². The van der Waals surface area contributed by atoms with Gasteiger partial charge in [-0.15, -0.1) is 11.8 Å². The molecule has 0 unspecified atom stereocenters. The molecular formula is C10H19N. The molecule has 0 aromatic heterocycles. The van der Waals surface area contributed by atoms with Crippen molar-refractivity contribution in [2.24, 2.45) is 11.1 Å². The Hall–Kier alpha value is -0.480. The fourth-order valence-electron chi connectivity index (χ4n) is 1.04. The maximum atomic E-state index is 5.48. The van der Waals surface area contributed by atoms with Gasteiger partial charge in [0.1, 0.15) is 0 Å². The predicted octanol–water partition coefficient (Wildman–Crippen LogP) is 2.16. The molecule has 0 aliphatic heterocycles. The number of hydrogen-bond donors (Lipinski definition) is 1. The van der Waals surface area contributed by atoms with Crippen LogP contribution in [-0.2, 0) is 0 Å². The lowest BCUT2D eigenvalue weighted by Crippen LogP contribution is -2.16. The summed E-state index contributed by atoms with van der Waals surface area (Å²) in [6, 6.07) is 0. The highest BCUT2D eigenvalue weighted by molar-refractivity contribution is 4.95. The normalized spacial score (nSPS) is 10.5. The van der Waals surface area contributed by atoms with Gasteiger partial charge in [-0.25, -0.2) is 0 Å². The summed E-state index contributed by atoms with van der Waals surface area (Å²) in [6.45, 7) is 7.16. The molecule has 0 spiro atoms. The molecule has 0 saturated heterocycles. The second-order valence-corrected chi connectivity index (χ2v) is 3.63. The summed E-state index contributed by atoms with van der Waals surface area (Å²) < 4.78 is 0. The standard InChI is InChI=1S/C10H19N/c1-4-5-6-7-10(2,3)8-9-11/h6-9,11H2,1-3H3. The van der Waals surface area contributed by atoms with Gasteiger partial charge in [0.15, 0.2) is 0 Å². The second kappa shape index (κ2) is 5.21. The monoisotopic (exact) mass is 153 g/mol. The molecule has 0 aliphatic rings. The minimum absolute atomic E-state index is 0.374. The first-order chi connectivity index (χ1) is 5.12. The molecule has 0 heterocycles. The highest BCUT2D eigenvalue weighted by atomic mass is 14.5. The minimum atomic E-state index is 0.374. The van der Waals surface area contributed by atoms with Gasteiger partial charge in [-0.1, -0.05) is 13.8 Å². The Bertz CT molecular complexity index is 148. The fourth-order valence-corrected chi connectivity index (χ4v) is 1.04. The third-order valence-corrected chi connectivity index (χ3v) is 1.92. The Morgan fingerprint density at radius 2 is 1.91 bits per heavy atom. The lowest BCUT2D eigenvalue weighted by atomic mass is 9.84.